The second-order valence-corrected chi connectivity index (χ2v) is 5.54. The van der Waals surface area contributed by atoms with E-state index in [0.29, 0.717) is 22.6 Å². The summed E-state index contributed by atoms with van der Waals surface area (Å²) in [6.07, 6.45) is -4.37. The van der Waals surface area contributed by atoms with Gasteiger partial charge in [-0.15, -0.1) is 0 Å². The predicted octanol–water partition coefficient (Wildman–Crippen LogP) is 4.06. The molecule has 7 heteroatoms. The fraction of sp³-hybridized carbons (Fsp3) is 0.375. The zero-order valence-corrected chi connectivity index (χ0v) is 13.0. The molecule has 0 aliphatic heterocycles. The molecule has 0 fully saturated rings. The number of carbonyl (C=O) groups excluding carboxylic acids is 1. The zero-order valence-electron chi connectivity index (χ0n) is 13.0. The summed E-state index contributed by atoms with van der Waals surface area (Å²) in [6.45, 7) is 5.56. The fourth-order valence-electron chi connectivity index (χ4n) is 2.14. The highest BCUT2D eigenvalue weighted by atomic mass is 19.4. The molecule has 0 saturated carbocycles. The summed E-state index contributed by atoms with van der Waals surface area (Å²) in [5.74, 6) is 0.141. The number of nitrogens with one attached hydrogen (secondary N) is 1. The summed E-state index contributed by atoms with van der Waals surface area (Å²) < 4.78 is 42.6. The topological polar surface area (TPSA) is 55.1 Å². The van der Waals surface area contributed by atoms with Gasteiger partial charge in [-0.2, -0.15) is 13.2 Å². The molecule has 1 amide bonds. The summed E-state index contributed by atoms with van der Waals surface area (Å²) in [5.41, 5.74) is 0.724. The van der Waals surface area contributed by atoms with Gasteiger partial charge in [-0.05, 0) is 24.6 Å². The van der Waals surface area contributed by atoms with E-state index in [1.165, 1.54) is 12.1 Å². The minimum atomic E-state index is -4.37. The normalized spacial score (nSPS) is 11.8. The van der Waals surface area contributed by atoms with Crippen LogP contribution >= 0.6 is 0 Å². The van der Waals surface area contributed by atoms with Gasteiger partial charge in [0.05, 0.1) is 11.3 Å². The van der Waals surface area contributed by atoms with Crippen molar-refractivity contribution in [3.8, 4) is 0 Å². The Hall–Kier alpha value is -2.31. The Balaban J connectivity index is 2.07. The minimum absolute atomic E-state index is 0.00280. The Morgan fingerprint density at radius 3 is 2.39 bits per heavy atom. The summed E-state index contributed by atoms with van der Waals surface area (Å²) in [6, 6.07) is 4.66. The molecule has 0 saturated heterocycles. The van der Waals surface area contributed by atoms with Crippen molar-refractivity contribution in [2.24, 2.45) is 0 Å². The van der Waals surface area contributed by atoms with Crippen molar-refractivity contribution in [2.45, 2.75) is 39.4 Å². The van der Waals surface area contributed by atoms with Gasteiger partial charge in [0.1, 0.15) is 5.56 Å². The Labute approximate surface area is 131 Å². The van der Waals surface area contributed by atoms with Gasteiger partial charge in [0, 0.05) is 12.5 Å². The van der Waals surface area contributed by atoms with Crippen molar-refractivity contribution < 1.29 is 22.5 Å². The maximum atomic E-state index is 12.5. The number of carbonyl (C=O) groups is 1. The molecule has 0 radical (unpaired) electrons. The molecule has 1 aromatic carbocycles. The highest BCUT2D eigenvalue weighted by molar-refractivity contribution is 5.96. The average Bonchev–Trinajstić information content (AvgIpc) is 2.86. The third-order valence-corrected chi connectivity index (χ3v) is 3.37. The molecule has 0 atom stereocenters. The maximum Gasteiger partial charge on any atom is 0.416 e. The van der Waals surface area contributed by atoms with Crippen LogP contribution < -0.4 is 5.32 Å². The van der Waals surface area contributed by atoms with Crippen LogP contribution in [0.25, 0.3) is 0 Å². The second kappa shape index (κ2) is 6.44. The number of nitrogens with zero attached hydrogens (tertiary/aromatic N) is 1. The van der Waals surface area contributed by atoms with Gasteiger partial charge in [0.25, 0.3) is 5.91 Å². The highest BCUT2D eigenvalue weighted by Crippen LogP contribution is 2.29. The summed E-state index contributed by atoms with van der Waals surface area (Å²) in [4.78, 5) is 12.3. The molecule has 4 nitrogen and oxygen atoms in total. The van der Waals surface area contributed by atoms with Crippen molar-refractivity contribution >= 4 is 5.91 Å². The van der Waals surface area contributed by atoms with Gasteiger partial charge in [0.2, 0.25) is 0 Å². The monoisotopic (exact) mass is 326 g/mol. The van der Waals surface area contributed by atoms with Gasteiger partial charge in [-0.1, -0.05) is 31.1 Å². The van der Waals surface area contributed by atoms with E-state index < -0.39 is 11.7 Å². The van der Waals surface area contributed by atoms with Gasteiger partial charge >= 0.3 is 6.18 Å². The molecule has 2 aromatic rings. The molecule has 0 aliphatic carbocycles. The third kappa shape index (κ3) is 3.91. The first-order valence-electron chi connectivity index (χ1n) is 7.10. The van der Waals surface area contributed by atoms with E-state index in [1.54, 1.807) is 6.92 Å². The van der Waals surface area contributed by atoms with Crippen LogP contribution in [0.1, 0.15) is 52.7 Å². The lowest BCUT2D eigenvalue weighted by Gasteiger charge is -2.09. The SMILES string of the molecule is Cc1noc(C(C)C)c1C(=O)NCc1ccc(C(F)(F)F)cc1. The van der Waals surface area contributed by atoms with Crippen LogP contribution in [-0.2, 0) is 12.7 Å². The number of hydrogen-bond acceptors (Lipinski definition) is 3. The number of alkyl halides is 3. The summed E-state index contributed by atoms with van der Waals surface area (Å²) in [5, 5.41) is 6.47. The number of aryl methyl sites for hydroxylation is 1. The van der Waals surface area contributed by atoms with Crippen molar-refractivity contribution in [2.75, 3.05) is 0 Å². The zero-order chi connectivity index (χ0) is 17.2. The molecule has 0 unspecified atom stereocenters. The van der Waals surface area contributed by atoms with Gasteiger partial charge in [-0.25, -0.2) is 0 Å². The molecule has 124 valence electrons. The summed E-state index contributed by atoms with van der Waals surface area (Å²) >= 11 is 0. The number of benzene rings is 1. The van der Waals surface area contributed by atoms with Crippen LogP contribution in [0, 0.1) is 6.92 Å². The lowest BCUT2D eigenvalue weighted by atomic mass is 10.0. The Morgan fingerprint density at radius 2 is 1.87 bits per heavy atom. The Bertz CT molecular complexity index is 688. The number of amides is 1. The highest BCUT2D eigenvalue weighted by Gasteiger charge is 2.30. The first kappa shape index (κ1) is 17.1. The van der Waals surface area contributed by atoms with E-state index >= 15 is 0 Å². The molecule has 2 rings (SSSR count). The molecule has 1 N–H and O–H groups in total. The predicted molar refractivity (Wildman–Crippen MR) is 77.9 cm³/mol. The Morgan fingerprint density at radius 1 is 1.26 bits per heavy atom. The smallest absolute Gasteiger partial charge is 0.360 e. The van der Waals surface area contributed by atoms with Gasteiger partial charge in [0.15, 0.2) is 5.76 Å². The minimum Gasteiger partial charge on any atom is -0.360 e. The third-order valence-electron chi connectivity index (χ3n) is 3.37. The van der Waals surface area contributed by atoms with E-state index in [2.05, 4.69) is 10.5 Å². The van der Waals surface area contributed by atoms with Gasteiger partial charge in [-0.3, -0.25) is 4.79 Å². The van der Waals surface area contributed by atoms with Crippen LogP contribution in [0.5, 0.6) is 0 Å². The fourth-order valence-corrected chi connectivity index (χ4v) is 2.14. The Kier molecular flexibility index (Phi) is 4.77. The van der Waals surface area contributed by atoms with Crippen molar-refractivity contribution in [1.82, 2.24) is 10.5 Å². The number of halogens is 3. The molecule has 1 heterocycles. The maximum absolute atomic E-state index is 12.5. The van der Waals surface area contributed by atoms with E-state index in [9.17, 15) is 18.0 Å². The van der Waals surface area contributed by atoms with Crippen molar-refractivity contribution in [1.29, 1.82) is 0 Å². The lowest BCUT2D eigenvalue weighted by molar-refractivity contribution is -0.137. The van der Waals surface area contributed by atoms with Crippen molar-refractivity contribution in [3.63, 3.8) is 0 Å². The van der Waals surface area contributed by atoms with E-state index in [0.717, 1.165) is 12.1 Å². The van der Waals surface area contributed by atoms with E-state index in [-0.39, 0.29) is 18.4 Å². The second-order valence-electron chi connectivity index (χ2n) is 5.54. The van der Waals surface area contributed by atoms with Crippen molar-refractivity contribution in [3.05, 3.63) is 52.4 Å². The molecular weight excluding hydrogens is 309 g/mol. The summed E-state index contributed by atoms with van der Waals surface area (Å²) in [7, 11) is 0. The number of aromatic nitrogens is 1. The van der Waals surface area contributed by atoms with E-state index in [1.807, 2.05) is 13.8 Å². The van der Waals surface area contributed by atoms with Gasteiger partial charge < -0.3 is 9.84 Å². The van der Waals surface area contributed by atoms with Crippen LogP contribution in [-0.4, -0.2) is 11.1 Å². The van der Waals surface area contributed by atoms with Crippen LogP contribution in [0.4, 0.5) is 13.2 Å². The van der Waals surface area contributed by atoms with Crippen LogP contribution in [0.3, 0.4) is 0 Å². The molecule has 23 heavy (non-hydrogen) atoms. The molecule has 0 spiro atoms. The number of hydrogen-bond donors (Lipinski definition) is 1. The van der Waals surface area contributed by atoms with Crippen LogP contribution in [0.2, 0.25) is 0 Å². The number of rotatable bonds is 4. The standard InChI is InChI=1S/C16H17F3N2O2/c1-9(2)14-13(10(3)21-23-14)15(22)20-8-11-4-6-12(7-5-11)16(17,18)19/h4-7,9H,8H2,1-3H3,(H,20,22). The van der Waals surface area contributed by atoms with Crippen LogP contribution in [0.15, 0.2) is 28.8 Å². The molecule has 0 bridgehead atoms. The first-order valence-corrected chi connectivity index (χ1v) is 7.10. The largest absolute Gasteiger partial charge is 0.416 e. The molecular formula is C16H17F3N2O2. The van der Waals surface area contributed by atoms with E-state index in [4.69, 9.17) is 4.52 Å². The lowest BCUT2D eigenvalue weighted by Crippen LogP contribution is -2.24. The average molecular weight is 326 g/mol. The first-order chi connectivity index (χ1) is 10.7. The molecule has 1 aromatic heterocycles. The molecule has 0 aliphatic rings. The quantitative estimate of drug-likeness (QED) is 0.922.